The van der Waals surface area contributed by atoms with E-state index in [9.17, 15) is 0 Å². The molecule has 0 aliphatic carbocycles. The van der Waals surface area contributed by atoms with E-state index in [1.54, 1.807) is 0 Å². The highest BCUT2D eigenvalue weighted by atomic mass is 16.3. The Morgan fingerprint density at radius 1 is 0.302 bits per heavy atom. The summed E-state index contributed by atoms with van der Waals surface area (Å²) >= 11 is 0. The molecule has 0 aliphatic rings. The Labute approximate surface area is 306 Å². The number of hydrogen-bond acceptors (Lipinski definition) is 4. The zero-order valence-corrected chi connectivity index (χ0v) is 28.6. The van der Waals surface area contributed by atoms with Crippen molar-refractivity contribution in [3.05, 3.63) is 188 Å². The van der Waals surface area contributed by atoms with Gasteiger partial charge in [-0.2, -0.15) is 0 Å². The number of hydrogen-bond donors (Lipinski definition) is 0. The maximum absolute atomic E-state index is 6.53. The molecular formula is C49H31N3O. The van der Waals surface area contributed by atoms with Crippen molar-refractivity contribution in [2.45, 2.75) is 0 Å². The third-order valence-corrected chi connectivity index (χ3v) is 9.93. The fourth-order valence-corrected chi connectivity index (χ4v) is 7.22. The number of benzene rings is 8. The van der Waals surface area contributed by atoms with Gasteiger partial charge in [0.05, 0.1) is 0 Å². The van der Waals surface area contributed by atoms with Crippen LogP contribution in [0.3, 0.4) is 0 Å². The fourth-order valence-electron chi connectivity index (χ4n) is 7.22. The molecule has 0 saturated heterocycles. The fraction of sp³-hybridized carbons (Fsp3) is 0. The van der Waals surface area contributed by atoms with Gasteiger partial charge in [0.2, 0.25) is 0 Å². The van der Waals surface area contributed by atoms with E-state index in [4.69, 9.17) is 19.4 Å². The van der Waals surface area contributed by atoms with Crippen molar-refractivity contribution in [1.82, 2.24) is 15.0 Å². The van der Waals surface area contributed by atoms with Gasteiger partial charge < -0.3 is 4.42 Å². The first-order valence-electron chi connectivity index (χ1n) is 17.8. The van der Waals surface area contributed by atoms with Crippen molar-refractivity contribution in [3.63, 3.8) is 0 Å². The lowest BCUT2D eigenvalue weighted by atomic mass is 9.95. The number of para-hydroxylation sites is 1. The number of furan rings is 1. The highest BCUT2D eigenvalue weighted by molar-refractivity contribution is 6.14. The van der Waals surface area contributed by atoms with Gasteiger partial charge in [-0.3, -0.25) is 0 Å². The molecule has 248 valence electrons. The predicted octanol–water partition coefficient (Wildman–Crippen LogP) is 12.9. The van der Waals surface area contributed by atoms with Crippen LogP contribution in [0.5, 0.6) is 0 Å². The van der Waals surface area contributed by atoms with E-state index in [-0.39, 0.29) is 0 Å². The summed E-state index contributed by atoms with van der Waals surface area (Å²) in [5, 5.41) is 4.52. The van der Waals surface area contributed by atoms with Gasteiger partial charge in [-0.1, -0.05) is 164 Å². The molecule has 0 amide bonds. The third-order valence-electron chi connectivity index (χ3n) is 9.93. The zero-order valence-electron chi connectivity index (χ0n) is 28.6. The second kappa shape index (κ2) is 12.9. The van der Waals surface area contributed by atoms with E-state index in [1.165, 1.54) is 10.8 Å². The Hall–Kier alpha value is -7.17. The third kappa shape index (κ3) is 5.73. The van der Waals surface area contributed by atoms with E-state index in [1.807, 2.05) is 24.3 Å². The average molecular weight is 678 g/mol. The van der Waals surface area contributed by atoms with Crippen LogP contribution in [0.4, 0.5) is 0 Å². The quantitative estimate of drug-likeness (QED) is 0.176. The van der Waals surface area contributed by atoms with E-state index < -0.39 is 0 Å². The van der Waals surface area contributed by atoms with Crippen molar-refractivity contribution >= 4 is 32.7 Å². The number of rotatable bonds is 6. The Morgan fingerprint density at radius 2 is 0.774 bits per heavy atom. The molecule has 0 aliphatic heterocycles. The topological polar surface area (TPSA) is 51.8 Å². The minimum atomic E-state index is 0.577. The molecule has 53 heavy (non-hydrogen) atoms. The lowest BCUT2D eigenvalue weighted by Gasteiger charge is -2.12. The van der Waals surface area contributed by atoms with Crippen molar-refractivity contribution in [1.29, 1.82) is 0 Å². The molecule has 0 atom stereocenters. The van der Waals surface area contributed by atoms with Gasteiger partial charge in [-0.05, 0) is 68.4 Å². The largest absolute Gasteiger partial charge is 0.456 e. The summed E-state index contributed by atoms with van der Waals surface area (Å²) in [6.45, 7) is 0. The first-order valence-corrected chi connectivity index (χ1v) is 17.8. The second-order valence-corrected chi connectivity index (χ2v) is 13.3. The molecule has 4 nitrogen and oxygen atoms in total. The molecule has 0 radical (unpaired) electrons. The van der Waals surface area contributed by atoms with Crippen LogP contribution in [-0.2, 0) is 0 Å². The van der Waals surface area contributed by atoms with Crippen LogP contribution >= 0.6 is 0 Å². The Morgan fingerprint density at radius 3 is 1.40 bits per heavy atom. The van der Waals surface area contributed by atoms with Gasteiger partial charge >= 0.3 is 0 Å². The van der Waals surface area contributed by atoms with E-state index in [2.05, 4.69) is 164 Å². The summed E-state index contributed by atoms with van der Waals surface area (Å²) in [5.41, 5.74) is 11.1. The summed E-state index contributed by atoms with van der Waals surface area (Å²) in [6, 6.07) is 65.2. The average Bonchev–Trinajstić information content (AvgIpc) is 3.62. The standard InChI is InChI=1S/C49H31N3O/c1-3-11-32(12-4-1)35-19-24-37(25-20-35)47-50-48(38-26-21-36(22-27-38)33-13-5-2-6-14-33)52-49(51-47)41-30-43(40-28-23-34-15-7-8-16-39(34)29-40)46-42-17-9-10-18-44(42)53-45(46)31-41/h1-31H. The van der Waals surface area contributed by atoms with Gasteiger partial charge in [-0.25, -0.2) is 15.0 Å². The molecule has 10 rings (SSSR count). The molecule has 0 bridgehead atoms. The smallest absolute Gasteiger partial charge is 0.164 e. The lowest BCUT2D eigenvalue weighted by molar-refractivity contribution is 0.669. The van der Waals surface area contributed by atoms with Crippen molar-refractivity contribution < 1.29 is 4.42 Å². The van der Waals surface area contributed by atoms with Gasteiger partial charge in [-0.15, -0.1) is 0 Å². The van der Waals surface area contributed by atoms with E-state index in [0.717, 1.165) is 72.0 Å². The normalized spacial score (nSPS) is 11.4. The van der Waals surface area contributed by atoms with Crippen LogP contribution < -0.4 is 0 Å². The first-order chi connectivity index (χ1) is 26.2. The Bertz CT molecular complexity index is 2810. The SMILES string of the molecule is c1ccc(-c2ccc(-c3nc(-c4ccc(-c5ccccc5)cc4)nc(-c4cc(-c5ccc6ccccc6c5)c5c(c4)oc4ccccc45)n3)cc2)cc1. The predicted molar refractivity (Wildman–Crippen MR) is 217 cm³/mol. The molecule has 4 heteroatoms. The minimum Gasteiger partial charge on any atom is -0.456 e. The Balaban J connectivity index is 1.16. The van der Waals surface area contributed by atoms with Crippen LogP contribution in [0.15, 0.2) is 192 Å². The summed E-state index contributed by atoms with van der Waals surface area (Å²) < 4.78 is 6.53. The number of nitrogens with zero attached hydrogens (tertiary/aromatic N) is 3. The van der Waals surface area contributed by atoms with Crippen molar-refractivity contribution in [3.8, 4) is 67.5 Å². The number of aromatic nitrogens is 3. The minimum absolute atomic E-state index is 0.577. The van der Waals surface area contributed by atoms with Crippen LogP contribution in [0.1, 0.15) is 0 Å². The van der Waals surface area contributed by atoms with Crippen molar-refractivity contribution in [2.24, 2.45) is 0 Å². The zero-order chi connectivity index (χ0) is 35.1. The van der Waals surface area contributed by atoms with Crippen LogP contribution in [0.25, 0.3) is 100 Å². The van der Waals surface area contributed by atoms with E-state index in [0.29, 0.717) is 17.5 Å². The lowest BCUT2D eigenvalue weighted by Crippen LogP contribution is -2.00. The van der Waals surface area contributed by atoms with Gasteiger partial charge in [0.25, 0.3) is 0 Å². The molecule has 2 heterocycles. The van der Waals surface area contributed by atoms with E-state index >= 15 is 0 Å². The Kier molecular flexibility index (Phi) is 7.43. The highest BCUT2D eigenvalue weighted by Gasteiger charge is 2.19. The molecule has 0 N–H and O–H groups in total. The van der Waals surface area contributed by atoms with Crippen LogP contribution in [0.2, 0.25) is 0 Å². The maximum Gasteiger partial charge on any atom is 0.164 e. The number of fused-ring (bicyclic) bond motifs is 4. The van der Waals surface area contributed by atoms with Crippen molar-refractivity contribution in [2.75, 3.05) is 0 Å². The van der Waals surface area contributed by atoms with Gasteiger partial charge in [0, 0.05) is 27.5 Å². The highest BCUT2D eigenvalue weighted by Crippen LogP contribution is 2.41. The van der Waals surface area contributed by atoms with Gasteiger partial charge in [0.1, 0.15) is 11.2 Å². The molecule has 0 saturated carbocycles. The maximum atomic E-state index is 6.53. The summed E-state index contributed by atoms with van der Waals surface area (Å²) in [5.74, 6) is 1.79. The summed E-state index contributed by atoms with van der Waals surface area (Å²) in [6.07, 6.45) is 0. The van der Waals surface area contributed by atoms with Crippen LogP contribution in [-0.4, -0.2) is 15.0 Å². The molecular weight excluding hydrogens is 647 g/mol. The molecule has 0 fully saturated rings. The second-order valence-electron chi connectivity index (χ2n) is 13.3. The molecule has 0 unspecified atom stereocenters. The first kappa shape index (κ1) is 30.6. The molecule has 2 aromatic heterocycles. The molecule has 10 aromatic rings. The molecule has 8 aromatic carbocycles. The molecule has 0 spiro atoms. The monoisotopic (exact) mass is 677 g/mol. The summed E-state index contributed by atoms with van der Waals surface area (Å²) in [7, 11) is 0. The van der Waals surface area contributed by atoms with Crippen LogP contribution in [0, 0.1) is 0 Å². The summed E-state index contributed by atoms with van der Waals surface area (Å²) in [4.78, 5) is 15.4. The van der Waals surface area contributed by atoms with Gasteiger partial charge in [0.15, 0.2) is 17.5 Å².